The van der Waals surface area contributed by atoms with Crippen molar-refractivity contribution < 1.29 is 8.78 Å². The van der Waals surface area contributed by atoms with Gasteiger partial charge in [0.25, 0.3) is 0 Å². The van der Waals surface area contributed by atoms with Gasteiger partial charge >= 0.3 is 0 Å². The number of rotatable bonds is 3. The van der Waals surface area contributed by atoms with Gasteiger partial charge in [-0.2, -0.15) is 0 Å². The Hall–Kier alpha value is -1.33. The zero-order valence-corrected chi connectivity index (χ0v) is 9.44. The lowest BCUT2D eigenvalue weighted by Gasteiger charge is -1.97. The molecule has 16 heavy (non-hydrogen) atoms. The average Bonchev–Trinajstić information content (AvgIpc) is 2.71. The zero-order chi connectivity index (χ0) is 11.5. The van der Waals surface area contributed by atoms with Crippen molar-refractivity contribution in [1.29, 1.82) is 0 Å². The second kappa shape index (κ2) is 4.67. The number of nitrogens with zero attached hydrogens (tertiary/aromatic N) is 1. The van der Waals surface area contributed by atoms with E-state index in [9.17, 15) is 8.78 Å². The highest BCUT2D eigenvalue weighted by Crippen LogP contribution is 2.25. The van der Waals surface area contributed by atoms with Gasteiger partial charge in [-0.1, -0.05) is 0 Å². The molecule has 0 aliphatic rings. The molecule has 2 aromatic rings. The first kappa shape index (κ1) is 11.2. The Morgan fingerprint density at radius 3 is 2.81 bits per heavy atom. The monoisotopic (exact) mass is 240 g/mol. The third kappa shape index (κ3) is 2.25. The molecule has 2 nitrogen and oxygen atoms in total. The van der Waals surface area contributed by atoms with Crippen molar-refractivity contribution in [3.05, 3.63) is 40.9 Å². The molecule has 0 aliphatic carbocycles. The highest BCUT2D eigenvalue weighted by Gasteiger charge is 2.07. The van der Waals surface area contributed by atoms with Gasteiger partial charge in [0.1, 0.15) is 5.01 Å². The van der Waals surface area contributed by atoms with Crippen LogP contribution in [0.1, 0.15) is 5.69 Å². The second-order valence-corrected chi connectivity index (χ2v) is 4.16. The van der Waals surface area contributed by atoms with Crippen molar-refractivity contribution in [2.75, 3.05) is 7.05 Å². The maximum atomic E-state index is 13.0. The summed E-state index contributed by atoms with van der Waals surface area (Å²) in [5.41, 5.74) is 1.50. The molecule has 0 saturated heterocycles. The summed E-state index contributed by atoms with van der Waals surface area (Å²) >= 11 is 1.42. The molecular weight excluding hydrogens is 230 g/mol. The van der Waals surface area contributed by atoms with Crippen LogP contribution in [0.5, 0.6) is 0 Å². The molecule has 0 aliphatic heterocycles. The van der Waals surface area contributed by atoms with E-state index in [1.165, 1.54) is 17.4 Å². The molecule has 0 fully saturated rings. The lowest BCUT2D eigenvalue weighted by atomic mass is 10.2. The van der Waals surface area contributed by atoms with Gasteiger partial charge in [0.2, 0.25) is 0 Å². The Morgan fingerprint density at radius 2 is 2.12 bits per heavy atom. The lowest BCUT2D eigenvalue weighted by Crippen LogP contribution is -2.04. The van der Waals surface area contributed by atoms with Crippen molar-refractivity contribution in [1.82, 2.24) is 10.3 Å². The van der Waals surface area contributed by atoms with Crippen molar-refractivity contribution >= 4 is 11.3 Å². The number of benzene rings is 1. The van der Waals surface area contributed by atoms with E-state index in [2.05, 4.69) is 10.3 Å². The van der Waals surface area contributed by atoms with Gasteiger partial charge in [0, 0.05) is 17.5 Å². The van der Waals surface area contributed by atoms with Crippen molar-refractivity contribution in [2.45, 2.75) is 6.54 Å². The minimum absolute atomic E-state index is 0.603. The van der Waals surface area contributed by atoms with Crippen LogP contribution in [0.4, 0.5) is 8.78 Å². The number of nitrogens with one attached hydrogen (secondary N) is 1. The molecule has 1 heterocycles. The van der Waals surface area contributed by atoms with Crippen LogP contribution in [0.15, 0.2) is 23.6 Å². The predicted octanol–water partition coefficient (Wildman–Crippen LogP) is 2.81. The summed E-state index contributed by atoms with van der Waals surface area (Å²) in [6.07, 6.45) is 0. The summed E-state index contributed by atoms with van der Waals surface area (Å²) in [4.78, 5) is 4.31. The van der Waals surface area contributed by atoms with Gasteiger partial charge in [0.15, 0.2) is 11.6 Å². The first-order valence-corrected chi connectivity index (χ1v) is 5.63. The van der Waals surface area contributed by atoms with E-state index >= 15 is 0 Å². The summed E-state index contributed by atoms with van der Waals surface area (Å²) in [5, 5.41) is 5.57. The Bertz CT molecular complexity index is 496. The van der Waals surface area contributed by atoms with Gasteiger partial charge in [-0.25, -0.2) is 13.8 Å². The molecule has 0 spiro atoms. The molecule has 1 aromatic carbocycles. The first-order valence-electron chi connectivity index (χ1n) is 4.75. The van der Waals surface area contributed by atoms with Gasteiger partial charge in [-0.05, 0) is 25.2 Å². The van der Waals surface area contributed by atoms with E-state index in [0.717, 1.165) is 17.8 Å². The van der Waals surface area contributed by atoms with Crippen LogP contribution in [0.3, 0.4) is 0 Å². The zero-order valence-electron chi connectivity index (χ0n) is 8.63. The second-order valence-electron chi connectivity index (χ2n) is 3.30. The Balaban J connectivity index is 2.31. The molecule has 1 N–H and O–H groups in total. The van der Waals surface area contributed by atoms with Crippen LogP contribution >= 0.6 is 11.3 Å². The molecule has 0 saturated carbocycles. The standard InChI is InChI=1S/C11H10F2N2S/c1-14-5-8-6-16-11(15-8)7-2-3-9(12)10(13)4-7/h2-4,6,14H,5H2,1H3. The van der Waals surface area contributed by atoms with Crippen LogP contribution in [0.2, 0.25) is 0 Å². The summed E-state index contributed by atoms with van der Waals surface area (Å²) in [6, 6.07) is 3.81. The van der Waals surface area contributed by atoms with Crippen molar-refractivity contribution in [3.63, 3.8) is 0 Å². The SMILES string of the molecule is CNCc1csc(-c2ccc(F)c(F)c2)n1. The fourth-order valence-corrected chi connectivity index (χ4v) is 2.15. The molecule has 1 aromatic heterocycles. The molecule has 84 valence electrons. The van der Waals surface area contributed by atoms with Gasteiger partial charge in [-0.15, -0.1) is 11.3 Å². The van der Waals surface area contributed by atoms with E-state index in [1.54, 1.807) is 0 Å². The molecule has 0 atom stereocenters. The Kier molecular flexibility index (Phi) is 3.26. The van der Waals surface area contributed by atoms with E-state index in [-0.39, 0.29) is 0 Å². The fraction of sp³-hybridized carbons (Fsp3) is 0.182. The Labute approximate surface area is 96.0 Å². The van der Waals surface area contributed by atoms with Crippen LogP contribution in [-0.4, -0.2) is 12.0 Å². The normalized spacial score (nSPS) is 10.7. The van der Waals surface area contributed by atoms with Gasteiger partial charge in [0.05, 0.1) is 5.69 Å². The van der Waals surface area contributed by atoms with Crippen LogP contribution in [0.25, 0.3) is 10.6 Å². The summed E-state index contributed by atoms with van der Waals surface area (Å²) < 4.78 is 25.7. The summed E-state index contributed by atoms with van der Waals surface area (Å²) in [7, 11) is 1.83. The molecule has 0 amide bonds. The molecule has 2 rings (SSSR count). The van der Waals surface area contributed by atoms with Crippen LogP contribution in [0, 0.1) is 11.6 Å². The largest absolute Gasteiger partial charge is 0.314 e. The fourth-order valence-electron chi connectivity index (χ4n) is 1.33. The third-order valence-corrected chi connectivity index (χ3v) is 3.02. The minimum Gasteiger partial charge on any atom is -0.314 e. The predicted molar refractivity (Wildman–Crippen MR) is 60.2 cm³/mol. The van der Waals surface area contributed by atoms with E-state index in [4.69, 9.17) is 0 Å². The minimum atomic E-state index is -0.845. The highest BCUT2D eigenvalue weighted by atomic mass is 32.1. The number of hydrogen-bond acceptors (Lipinski definition) is 3. The number of hydrogen-bond donors (Lipinski definition) is 1. The maximum Gasteiger partial charge on any atom is 0.159 e. The molecular formula is C11H10F2N2S. The van der Waals surface area contributed by atoms with Gasteiger partial charge in [-0.3, -0.25) is 0 Å². The molecule has 0 bridgehead atoms. The maximum absolute atomic E-state index is 13.0. The lowest BCUT2D eigenvalue weighted by molar-refractivity contribution is 0.509. The van der Waals surface area contributed by atoms with Crippen molar-refractivity contribution in [2.24, 2.45) is 0 Å². The van der Waals surface area contributed by atoms with Gasteiger partial charge < -0.3 is 5.32 Å². The van der Waals surface area contributed by atoms with E-state index in [1.807, 2.05) is 12.4 Å². The number of thiazole rings is 1. The summed E-state index contributed by atoms with van der Waals surface area (Å²) in [6.45, 7) is 0.667. The first-order chi connectivity index (χ1) is 7.70. The number of halogens is 2. The van der Waals surface area contributed by atoms with Crippen LogP contribution in [-0.2, 0) is 6.54 Å². The van der Waals surface area contributed by atoms with Crippen molar-refractivity contribution in [3.8, 4) is 10.6 Å². The quantitative estimate of drug-likeness (QED) is 0.892. The molecule has 0 radical (unpaired) electrons. The Morgan fingerprint density at radius 1 is 1.31 bits per heavy atom. The highest BCUT2D eigenvalue weighted by molar-refractivity contribution is 7.13. The topological polar surface area (TPSA) is 24.9 Å². The third-order valence-electron chi connectivity index (χ3n) is 2.08. The van der Waals surface area contributed by atoms with E-state index in [0.29, 0.717) is 17.1 Å². The average molecular weight is 240 g/mol. The molecule has 5 heteroatoms. The van der Waals surface area contributed by atoms with Crippen LogP contribution < -0.4 is 5.32 Å². The van der Waals surface area contributed by atoms with E-state index < -0.39 is 11.6 Å². The smallest absolute Gasteiger partial charge is 0.159 e. The number of aromatic nitrogens is 1. The summed E-state index contributed by atoms with van der Waals surface area (Å²) in [5.74, 6) is -1.68. The molecule has 0 unspecified atom stereocenters.